The molecule has 0 spiro atoms. The first kappa shape index (κ1) is 16.5. The Hall–Kier alpha value is -2.34. The van der Waals surface area contributed by atoms with Crippen LogP contribution in [0.25, 0.3) is 0 Å². The molecule has 0 atom stereocenters. The second-order valence-electron chi connectivity index (χ2n) is 5.59. The number of hydrogen-bond donors (Lipinski definition) is 1. The van der Waals surface area contributed by atoms with Crippen molar-refractivity contribution in [3.05, 3.63) is 47.0 Å². The largest absolute Gasteiger partial charge is 0.369 e. The SMILES string of the molecule is CCNc1ccc(N2CCN(C(=O)c3ccc(Cl)cc3)CC2)nn1. The summed E-state index contributed by atoms with van der Waals surface area (Å²) >= 11 is 5.87. The molecule has 0 bridgehead atoms. The monoisotopic (exact) mass is 345 g/mol. The lowest BCUT2D eigenvalue weighted by molar-refractivity contribution is 0.0746. The van der Waals surface area contributed by atoms with E-state index in [0.717, 1.165) is 31.3 Å². The van der Waals surface area contributed by atoms with Crippen molar-refractivity contribution in [2.45, 2.75) is 6.92 Å². The van der Waals surface area contributed by atoms with Crippen LogP contribution in [0.2, 0.25) is 5.02 Å². The number of amides is 1. The van der Waals surface area contributed by atoms with E-state index < -0.39 is 0 Å². The highest BCUT2D eigenvalue weighted by atomic mass is 35.5. The molecule has 1 aromatic carbocycles. The van der Waals surface area contributed by atoms with Gasteiger partial charge >= 0.3 is 0 Å². The zero-order valence-corrected chi connectivity index (χ0v) is 14.3. The number of halogens is 1. The molecule has 1 amide bonds. The molecule has 24 heavy (non-hydrogen) atoms. The minimum absolute atomic E-state index is 0.0416. The summed E-state index contributed by atoms with van der Waals surface area (Å²) in [7, 11) is 0. The Morgan fingerprint density at radius 2 is 1.79 bits per heavy atom. The number of carbonyl (C=O) groups is 1. The van der Waals surface area contributed by atoms with Crippen LogP contribution in [0, 0.1) is 0 Å². The molecule has 1 aromatic heterocycles. The Morgan fingerprint density at radius 1 is 1.08 bits per heavy atom. The van der Waals surface area contributed by atoms with Crippen molar-refractivity contribution in [2.24, 2.45) is 0 Å². The summed E-state index contributed by atoms with van der Waals surface area (Å²) in [5, 5.41) is 12.2. The fourth-order valence-electron chi connectivity index (χ4n) is 2.68. The lowest BCUT2D eigenvalue weighted by Crippen LogP contribution is -2.49. The van der Waals surface area contributed by atoms with Gasteiger partial charge in [-0.05, 0) is 43.3 Å². The number of rotatable bonds is 4. The highest BCUT2D eigenvalue weighted by Crippen LogP contribution is 2.16. The summed E-state index contributed by atoms with van der Waals surface area (Å²) in [5.74, 6) is 1.66. The van der Waals surface area contributed by atoms with Gasteiger partial charge in [-0.15, -0.1) is 10.2 Å². The topological polar surface area (TPSA) is 61.4 Å². The van der Waals surface area contributed by atoms with E-state index in [9.17, 15) is 4.79 Å². The van der Waals surface area contributed by atoms with Gasteiger partial charge in [-0.25, -0.2) is 0 Å². The van der Waals surface area contributed by atoms with Gasteiger partial charge < -0.3 is 15.1 Å². The van der Waals surface area contributed by atoms with Crippen LogP contribution in [0.1, 0.15) is 17.3 Å². The molecular weight excluding hydrogens is 326 g/mol. The van der Waals surface area contributed by atoms with Crippen molar-refractivity contribution in [1.29, 1.82) is 0 Å². The standard InChI is InChI=1S/C17H20ClN5O/c1-2-19-15-7-8-16(21-20-15)22-9-11-23(12-10-22)17(24)13-3-5-14(18)6-4-13/h3-8H,2,9-12H2,1H3,(H,19,20). The molecule has 0 aliphatic carbocycles. The maximum atomic E-state index is 12.5. The first-order chi connectivity index (χ1) is 11.7. The first-order valence-corrected chi connectivity index (χ1v) is 8.42. The highest BCUT2D eigenvalue weighted by molar-refractivity contribution is 6.30. The molecular formula is C17H20ClN5O. The molecule has 2 heterocycles. The fraction of sp³-hybridized carbons (Fsp3) is 0.353. The van der Waals surface area contributed by atoms with Gasteiger partial charge in [-0.1, -0.05) is 11.6 Å². The van der Waals surface area contributed by atoms with E-state index in [4.69, 9.17) is 11.6 Å². The van der Waals surface area contributed by atoms with E-state index in [1.54, 1.807) is 24.3 Å². The fourth-order valence-corrected chi connectivity index (χ4v) is 2.81. The Kier molecular flexibility index (Phi) is 5.15. The smallest absolute Gasteiger partial charge is 0.253 e. The van der Waals surface area contributed by atoms with Gasteiger partial charge in [0.1, 0.15) is 5.82 Å². The van der Waals surface area contributed by atoms with E-state index in [1.165, 1.54) is 0 Å². The van der Waals surface area contributed by atoms with Crippen LogP contribution >= 0.6 is 11.6 Å². The molecule has 0 unspecified atom stereocenters. The summed E-state index contributed by atoms with van der Waals surface area (Å²) in [6, 6.07) is 10.9. The molecule has 7 heteroatoms. The molecule has 0 saturated carbocycles. The van der Waals surface area contributed by atoms with Gasteiger partial charge in [0.15, 0.2) is 5.82 Å². The zero-order valence-electron chi connectivity index (χ0n) is 13.6. The summed E-state index contributed by atoms with van der Waals surface area (Å²) in [4.78, 5) is 16.5. The minimum Gasteiger partial charge on any atom is -0.369 e. The van der Waals surface area contributed by atoms with Crippen molar-refractivity contribution >= 4 is 29.1 Å². The van der Waals surface area contributed by atoms with Crippen molar-refractivity contribution < 1.29 is 4.79 Å². The molecule has 1 saturated heterocycles. The van der Waals surface area contributed by atoms with Crippen LogP contribution in [-0.2, 0) is 0 Å². The second-order valence-corrected chi connectivity index (χ2v) is 6.03. The minimum atomic E-state index is 0.0416. The van der Waals surface area contributed by atoms with Crippen LogP contribution in [0.3, 0.4) is 0 Å². The third-order valence-electron chi connectivity index (χ3n) is 3.99. The van der Waals surface area contributed by atoms with E-state index in [-0.39, 0.29) is 5.91 Å². The highest BCUT2D eigenvalue weighted by Gasteiger charge is 2.23. The van der Waals surface area contributed by atoms with Gasteiger partial charge in [0.2, 0.25) is 0 Å². The van der Waals surface area contributed by atoms with Crippen LogP contribution in [-0.4, -0.2) is 53.7 Å². The molecule has 1 N–H and O–H groups in total. The van der Waals surface area contributed by atoms with Crippen LogP contribution in [0.15, 0.2) is 36.4 Å². The van der Waals surface area contributed by atoms with Gasteiger partial charge in [0.25, 0.3) is 5.91 Å². The maximum Gasteiger partial charge on any atom is 0.253 e. The molecule has 1 aliphatic heterocycles. The predicted molar refractivity (Wildman–Crippen MR) is 95.8 cm³/mol. The molecule has 2 aromatic rings. The summed E-state index contributed by atoms with van der Waals surface area (Å²) in [6.45, 7) is 5.66. The third kappa shape index (κ3) is 3.76. The average Bonchev–Trinajstić information content (AvgIpc) is 2.63. The van der Waals surface area contributed by atoms with E-state index in [0.29, 0.717) is 23.7 Å². The van der Waals surface area contributed by atoms with Gasteiger partial charge in [0, 0.05) is 43.3 Å². The molecule has 0 radical (unpaired) electrons. The lowest BCUT2D eigenvalue weighted by atomic mass is 10.2. The van der Waals surface area contributed by atoms with Crippen LogP contribution in [0.4, 0.5) is 11.6 Å². The number of aromatic nitrogens is 2. The normalized spacial score (nSPS) is 14.6. The first-order valence-electron chi connectivity index (χ1n) is 8.05. The molecule has 6 nitrogen and oxygen atoms in total. The number of benzene rings is 1. The number of carbonyl (C=O) groups excluding carboxylic acids is 1. The number of anilines is 2. The summed E-state index contributed by atoms with van der Waals surface area (Å²) < 4.78 is 0. The molecule has 1 fully saturated rings. The van der Waals surface area contributed by atoms with E-state index in [1.807, 2.05) is 24.0 Å². The van der Waals surface area contributed by atoms with Crippen molar-refractivity contribution in [3.63, 3.8) is 0 Å². The maximum absolute atomic E-state index is 12.5. The average molecular weight is 346 g/mol. The zero-order chi connectivity index (χ0) is 16.9. The lowest BCUT2D eigenvalue weighted by Gasteiger charge is -2.35. The Bertz CT molecular complexity index is 681. The van der Waals surface area contributed by atoms with E-state index >= 15 is 0 Å². The number of piperazine rings is 1. The summed E-state index contributed by atoms with van der Waals surface area (Å²) in [5.41, 5.74) is 0.669. The Balaban J connectivity index is 1.59. The Labute approximate surface area is 146 Å². The predicted octanol–water partition coefficient (Wildman–Crippen LogP) is 2.52. The molecule has 126 valence electrons. The molecule has 3 rings (SSSR count). The van der Waals surface area contributed by atoms with Gasteiger partial charge in [-0.2, -0.15) is 0 Å². The Morgan fingerprint density at radius 3 is 2.38 bits per heavy atom. The van der Waals surface area contributed by atoms with Crippen molar-refractivity contribution in [1.82, 2.24) is 15.1 Å². The second kappa shape index (κ2) is 7.49. The van der Waals surface area contributed by atoms with Gasteiger partial charge in [0.05, 0.1) is 0 Å². The number of nitrogens with zero attached hydrogens (tertiary/aromatic N) is 4. The number of nitrogens with one attached hydrogen (secondary N) is 1. The number of hydrogen-bond acceptors (Lipinski definition) is 5. The van der Waals surface area contributed by atoms with Crippen LogP contribution < -0.4 is 10.2 Å². The van der Waals surface area contributed by atoms with E-state index in [2.05, 4.69) is 20.4 Å². The molecule has 1 aliphatic rings. The van der Waals surface area contributed by atoms with Crippen molar-refractivity contribution in [3.8, 4) is 0 Å². The van der Waals surface area contributed by atoms with Gasteiger partial charge in [-0.3, -0.25) is 4.79 Å². The summed E-state index contributed by atoms with van der Waals surface area (Å²) in [6.07, 6.45) is 0. The third-order valence-corrected chi connectivity index (χ3v) is 4.24. The quantitative estimate of drug-likeness (QED) is 0.922. The van der Waals surface area contributed by atoms with Crippen molar-refractivity contribution in [2.75, 3.05) is 42.9 Å². The van der Waals surface area contributed by atoms with Crippen LogP contribution in [0.5, 0.6) is 0 Å².